The number of hydrazone groups is 1. The molecule has 0 amide bonds. The summed E-state index contributed by atoms with van der Waals surface area (Å²) in [6, 6.07) is 0.807. The summed E-state index contributed by atoms with van der Waals surface area (Å²) in [7, 11) is 0. The first-order valence-corrected chi connectivity index (χ1v) is 4.65. The van der Waals surface area contributed by atoms with E-state index in [1.807, 2.05) is 0 Å². The first-order chi connectivity index (χ1) is 5.31. The summed E-state index contributed by atoms with van der Waals surface area (Å²) in [6.07, 6.45) is 3.87. The SMILES string of the molecule is CCC1=NN(C2CC2)CC1C. The zero-order chi connectivity index (χ0) is 7.84. The van der Waals surface area contributed by atoms with Gasteiger partial charge in [0.05, 0.1) is 0 Å². The molecule has 0 N–H and O–H groups in total. The molecular weight excluding hydrogens is 136 g/mol. The first kappa shape index (κ1) is 7.14. The summed E-state index contributed by atoms with van der Waals surface area (Å²) in [5.74, 6) is 0.709. The van der Waals surface area contributed by atoms with Gasteiger partial charge in [0.2, 0.25) is 0 Å². The molecule has 0 bridgehead atoms. The summed E-state index contributed by atoms with van der Waals surface area (Å²) in [6.45, 7) is 5.66. The van der Waals surface area contributed by atoms with Crippen LogP contribution < -0.4 is 0 Å². The highest BCUT2D eigenvalue weighted by Crippen LogP contribution is 2.31. The average molecular weight is 152 g/mol. The highest BCUT2D eigenvalue weighted by molar-refractivity contribution is 5.87. The molecule has 62 valence electrons. The van der Waals surface area contributed by atoms with E-state index in [1.165, 1.54) is 25.1 Å². The highest BCUT2D eigenvalue weighted by atomic mass is 15.5. The minimum absolute atomic E-state index is 0.709. The van der Waals surface area contributed by atoms with Gasteiger partial charge >= 0.3 is 0 Å². The molecule has 1 atom stereocenters. The van der Waals surface area contributed by atoms with Gasteiger partial charge in [0.1, 0.15) is 0 Å². The maximum atomic E-state index is 4.60. The van der Waals surface area contributed by atoms with Crippen molar-refractivity contribution in [1.29, 1.82) is 0 Å². The molecular formula is C9H16N2. The fraction of sp³-hybridized carbons (Fsp3) is 0.889. The fourth-order valence-corrected chi connectivity index (χ4v) is 1.71. The molecule has 1 aliphatic carbocycles. The largest absolute Gasteiger partial charge is 0.293 e. The van der Waals surface area contributed by atoms with Crippen LogP contribution in [0.4, 0.5) is 0 Å². The second kappa shape index (κ2) is 2.50. The van der Waals surface area contributed by atoms with Crippen molar-refractivity contribution in [3.8, 4) is 0 Å². The molecule has 2 aliphatic rings. The van der Waals surface area contributed by atoms with Crippen LogP contribution in [0, 0.1) is 5.92 Å². The lowest BCUT2D eigenvalue weighted by Gasteiger charge is -2.12. The molecule has 11 heavy (non-hydrogen) atoms. The predicted octanol–water partition coefficient (Wildman–Crippen LogP) is 1.87. The smallest absolute Gasteiger partial charge is 0.0472 e. The average Bonchev–Trinajstić information content (AvgIpc) is 2.76. The molecule has 1 unspecified atom stereocenters. The molecule has 0 aromatic heterocycles. The Kier molecular flexibility index (Phi) is 1.63. The van der Waals surface area contributed by atoms with Gasteiger partial charge in [-0.05, 0) is 19.3 Å². The standard InChI is InChI=1S/C9H16N2/c1-3-9-7(2)6-11(10-9)8-4-5-8/h7-8H,3-6H2,1-2H3. The van der Waals surface area contributed by atoms with Crippen molar-refractivity contribution < 1.29 is 0 Å². The maximum absolute atomic E-state index is 4.60. The van der Waals surface area contributed by atoms with Gasteiger partial charge in [-0.3, -0.25) is 5.01 Å². The number of hydrogen-bond donors (Lipinski definition) is 0. The van der Waals surface area contributed by atoms with Crippen LogP contribution in [0.2, 0.25) is 0 Å². The molecule has 1 saturated carbocycles. The van der Waals surface area contributed by atoms with E-state index in [2.05, 4.69) is 24.0 Å². The molecule has 0 saturated heterocycles. The molecule has 1 aliphatic heterocycles. The molecule has 0 radical (unpaired) electrons. The third-order valence-corrected chi connectivity index (χ3v) is 2.62. The van der Waals surface area contributed by atoms with E-state index in [-0.39, 0.29) is 0 Å². The fourth-order valence-electron chi connectivity index (χ4n) is 1.71. The van der Waals surface area contributed by atoms with E-state index in [1.54, 1.807) is 0 Å². The van der Waals surface area contributed by atoms with E-state index >= 15 is 0 Å². The van der Waals surface area contributed by atoms with Crippen molar-refractivity contribution in [3.63, 3.8) is 0 Å². The van der Waals surface area contributed by atoms with Crippen LogP contribution in [0.3, 0.4) is 0 Å². The van der Waals surface area contributed by atoms with Gasteiger partial charge < -0.3 is 0 Å². The van der Waals surface area contributed by atoms with Crippen molar-refractivity contribution in [3.05, 3.63) is 0 Å². The second-order valence-electron chi connectivity index (χ2n) is 3.70. The Hall–Kier alpha value is -0.530. The van der Waals surface area contributed by atoms with Crippen LogP contribution in [-0.2, 0) is 0 Å². The minimum Gasteiger partial charge on any atom is -0.293 e. The lowest BCUT2D eigenvalue weighted by atomic mass is 10.1. The molecule has 1 fully saturated rings. The van der Waals surface area contributed by atoms with Crippen LogP contribution >= 0.6 is 0 Å². The third-order valence-electron chi connectivity index (χ3n) is 2.62. The van der Waals surface area contributed by atoms with Crippen LogP contribution in [0.1, 0.15) is 33.1 Å². The van der Waals surface area contributed by atoms with E-state index in [0.29, 0.717) is 5.92 Å². The van der Waals surface area contributed by atoms with Crippen molar-refractivity contribution in [2.24, 2.45) is 11.0 Å². The highest BCUT2D eigenvalue weighted by Gasteiger charge is 2.33. The van der Waals surface area contributed by atoms with E-state index in [4.69, 9.17) is 0 Å². The van der Waals surface area contributed by atoms with Gasteiger partial charge in [-0.25, -0.2) is 0 Å². The summed E-state index contributed by atoms with van der Waals surface area (Å²) in [5.41, 5.74) is 1.40. The monoisotopic (exact) mass is 152 g/mol. The first-order valence-electron chi connectivity index (χ1n) is 4.65. The summed E-state index contributed by atoms with van der Waals surface area (Å²) < 4.78 is 0. The van der Waals surface area contributed by atoms with Crippen molar-refractivity contribution in [1.82, 2.24) is 5.01 Å². The Balaban J connectivity index is 2.01. The zero-order valence-electron chi connectivity index (χ0n) is 7.38. The zero-order valence-corrected chi connectivity index (χ0v) is 7.38. The number of hydrogen-bond acceptors (Lipinski definition) is 2. The quantitative estimate of drug-likeness (QED) is 0.589. The Morgan fingerprint density at radius 1 is 1.55 bits per heavy atom. The van der Waals surface area contributed by atoms with Gasteiger partial charge in [0, 0.05) is 24.2 Å². The third kappa shape index (κ3) is 1.26. The van der Waals surface area contributed by atoms with Gasteiger partial charge in [-0.15, -0.1) is 0 Å². The molecule has 2 rings (SSSR count). The van der Waals surface area contributed by atoms with Crippen LogP contribution in [0.15, 0.2) is 5.10 Å². The second-order valence-corrected chi connectivity index (χ2v) is 3.70. The Bertz CT molecular complexity index is 182. The van der Waals surface area contributed by atoms with Crippen molar-refractivity contribution in [2.75, 3.05) is 6.54 Å². The summed E-state index contributed by atoms with van der Waals surface area (Å²) in [4.78, 5) is 0. The van der Waals surface area contributed by atoms with Crippen LogP contribution in [0.25, 0.3) is 0 Å². The number of nitrogens with zero attached hydrogens (tertiary/aromatic N) is 2. The van der Waals surface area contributed by atoms with E-state index in [9.17, 15) is 0 Å². The van der Waals surface area contributed by atoms with E-state index in [0.717, 1.165) is 12.5 Å². The Morgan fingerprint density at radius 3 is 2.73 bits per heavy atom. The Morgan fingerprint density at radius 2 is 2.27 bits per heavy atom. The molecule has 0 spiro atoms. The minimum atomic E-state index is 0.709. The van der Waals surface area contributed by atoms with Gasteiger partial charge in [0.25, 0.3) is 0 Å². The topological polar surface area (TPSA) is 15.6 Å². The van der Waals surface area contributed by atoms with Crippen molar-refractivity contribution in [2.45, 2.75) is 39.2 Å². The van der Waals surface area contributed by atoms with Crippen LogP contribution in [0.5, 0.6) is 0 Å². The maximum Gasteiger partial charge on any atom is 0.0472 e. The molecule has 2 nitrogen and oxygen atoms in total. The molecule has 0 aromatic carbocycles. The summed E-state index contributed by atoms with van der Waals surface area (Å²) in [5, 5.41) is 6.89. The molecule has 1 heterocycles. The van der Waals surface area contributed by atoms with Gasteiger partial charge in [0.15, 0.2) is 0 Å². The number of rotatable bonds is 2. The van der Waals surface area contributed by atoms with Gasteiger partial charge in [-0.2, -0.15) is 5.10 Å². The van der Waals surface area contributed by atoms with Crippen LogP contribution in [-0.4, -0.2) is 23.3 Å². The van der Waals surface area contributed by atoms with Crippen molar-refractivity contribution >= 4 is 5.71 Å². The molecule has 0 aromatic rings. The van der Waals surface area contributed by atoms with Gasteiger partial charge in [-0.1, -0.05) is 13.8 Å². The van der Waals surface area contributed by atoms with E-state index < -0.39 is 0 Å². The lowest BCUT2D eigenvalue weighted by molar-refractivity contribution is 0.289. The predicted molar refractivity (Wildman–Crippen MR) is 46.6 cm³/mol. The normalized spacial score (nSPS) is 30.9. The lowest BCUT2D eigenvalue weighted by Crippen LogP contribution is -2.19. The summed E-state index contributed by atoms with van der Waals surface area (Å²) >= 11 is 0. The molecule has 2 heteroatoms. The Labute approximate surface area is 68.3 Å².